The topological polar surface area (TPSA) is 89.6 Å². The first-order chi connectivity index (χ1) is 15.5. The minimum absolute atomic E-state index is 0.190. The summed E-state index contributed by atoms with van der Waals surface area (Å²) in [4.78, 5) is 28.3. The summed E-state index contributed by atoms with van der Waals surface area (Å²) in [7, 11) is 1.55. The van der Waals surface area contributed by atoms with Gasteiger partial charge in [-0.1, -0.05) is 6.07 Å². The third-order valence-electron chi connectivity index (χ3n) is 4.54. The van der Waals surface area contributed by atoms with Crippen molar-refractivity contribution in [2.45, 2.75) is 19.4 Å². The summed E-state index contributed by atoms with van der Waals surface area (Å²) in [6, 6.07) is 14.2. The number of carbonyl (C=O) groups is 2. The number of hydrogen-bond donors (Lipinski definition) is 2. The van der Waals surface area contributed by atoms with Gasteiger partial charge in [0, 0.05) is 48.2 Å². The van der Waals surface area contributed by atoms with Crippen molar-refractivity contribution in [2.24, 2.45) is 0 Å². The van der Waals surface area contributed by atoms with Crippen LogP contribution in [0, 0.1) is 5.82 Å². The van der Waals surface area contributed by atoms with E-state index in [4.69, 9.17) is 9.47 Å². The molecule has 1 heterocycles. The molecule has 0 radical (unpaired) electrons. The molecule has 0 fully saturated rings. The molecule has 32 heavy (non-hydrogen) atoms. The Morgan fingerprint density at radius 2 is 1.88 bits per heavy atom. The van der Waals surface area contributed by atoms with Crippen molar-refractivity contribution in [3.63, 3.8) is 0 Å². The average Bonchev–Trinajstić information content (AvgIpc) is 2.81. The van der Waals surface area contributed by atoms with Crippen molar-refractivity contribution in [3.05, 3.63) is 83.9 Å². The van der Waals surface area contributed by atoms with E-state index in [-0.39, 0.29) is 18.2 Å². The number of nitrogens with zero attached hydrogens (tertiary/aromatic N) is 1. The maximum atomic E-state index is 12.9. The Morgan fingerprint density at radius 3 is 2.59 bits per heavy atom. The van der Waals surface area contributed by atoms with E-state index in [2.05, 4.69) is 15.6 Å². The van der Waals surface area contributed by atoms with Gasteiger partial charge in [-0.3, -0.25) is 14.6 Å². The lowest BCUT2D eigenvalue weighted by atomic mass is 10.2. The second kappa shape index (κ2) is 11.5. The number of rotatable bonds is 10. The molecule has 0 aliphatic heterocycles. The first-order valence-electron chi connectivity index (χ1n) is 10.1. The number of amides is 2. The Morgan fingerprint density at radius 1 is 1.06 bits per heavy atom. The molecule has 0 spiro atoms. The number of hydrogen-bond acceptors (Lipinski definition) is 5. The summed E-state index contributed by atoms with van der Waals surface area (Å²) in [6.07, 6.45) is 4.09. The molecule has 2 N–H and O–H groups in total. The number of methoxy groups -OCH3 is 1. The summed E-state index contributed by atoms with van der Waals surface area (Å²) in [5.41, 5.74) is 1.85. The molecule has 0 aliphatic carbocycles. The van der Waals surface area contributed by atoms with Crippen molar-refractivity contribution < 1.29 is 23.5 Å². The number of pyridine rings is 1. The summed E-state index contributed by atoms with van der Waals surface area (Å²) >= 11 is 0. The number of ether oxygens (including phenoxy) is 2. The zero-order valence-corrected chi connectivity index (χ0v) is 17.6. The number of halogens is 1. The van der Waals surface area contributed by atoms with Gasteiger partial charge in [-0.15, -0.1) is 0 Å². The summed E-state index contributed by atoms with van der Waals surface area (Å²) in [6.45, 7) is 0.640. The van der Waals surface area contributed by atoms with Crippen LogP contribution in [-0.2, 0) is 11.4 Å². The summed E-state index contributed by atoms with van der Waals surface area (Å²) < 4.78 is 24.1. The number of anilines is 1. The van der Waals surface area contributed by atoms with Crippen LogP contribution >= 0.6 is 0 Å². The Hall–Kier alpha value is -3.94. The molecule has 3 aromatic rings. The lowest BCUT2D eigenvalue weighted by Crippen LogP contribution is -2.25. The van der Waals surface area contributed by atoms with E-state index in [9.17, 15) is 14.0 Å². The summed E-state index contributed by atoms with van der Waals surface area (Å²) in [5, 5.41) is 5.53. The van der Waals surface area contributed by atoms with E-state index in [0.29, 0.717) is 42.3 Å². The van der Waals surface area contributed by atoms with Crippen LogP contribution in [0.4, 0.5) is 10.1 Å². The van der Waals surface area contributed by atoms with Gasteiger partial charge in [0.1, 0.15) is 12.4 Å². The third kappa shape index (κ3) is 6.80. The number of aromatic nitrogens is 1. The van der Waals surface area contributed by atoms with Gasteiger partial charge >= 0.3 is 0 Å². The third-order valence-corrected chi connectivity index (χ3v) is 4.54. The molecule has 8 heteroatoms. The maximum Gasteiger partial charge on any atom is 0.251 e. The number of nitrogens with one attached hydrogen (secondary N) is 2. The zero-order chi connectivity index (χ0) is 22.8. The van der Waals surface area contributed by atoms with Gasteiger partial charge in [-0.05, 0) is 48.9 Å². The fourth-order valence-electron chi connectivity index (χ4n) is 2.89. The Balaban J connectivity index is 1.46. The van der Waals surface area contributed by atoms with E-state index in [1.165, 1.54) is 24.3 Å². The zero-order valence-electron chi connectivity index (χ0n) is 17.6. The molecule has 166 valence electrons. The molecule has 0 saturated carbocycles. The van der Waals surface area contributed by atoms with Crippen LogP contribution in [0.15, 0.2) is 67.0 Å². The van der Waals surface area contributed by atoms with Crippen molar-refractivity contribution in [2.75, 3.05) is 19.0 Å². The second-order valence-corrected chi connectivity index (χ2v) is 6.93. The van der Waals surface area contributed by atoms with Crippen LogP contribution in [0.25, 0.3) is 0 Å². The minimum atomic E-state index is -0.401. The quantitative estimate of drug-likeness (QED) is 0.469. The van der Waals surface area contributed by atoms with Crippen LogP contribution in [0.2, 0.25) is 0 Å². The predicted molar refractivity (Wildman–Crippen MR) is 118 cm³/mol. The standard InChI is InChI=1S/C24H24FN3O4/c1-31-21-11-10-20(14-22(21)32-16-17-4-2-12-26-15-17)28-23(29)5-3-13-27-24(30)18-6-8-19(25)9-7-18/h2,4,6-12,14-15H,3,5,13,16H2,1H3,(H,27,30)(H,28,29). The highest BCUT2D eigenvalue weighted by atomic mass is 19.1. The molecule has 0 saturated heterocycles. The molecule has 0 bridgehead atoms. The highest BCUT2D eigenvalue weighted by Gasteiger charge is 2.10. The number of benzene rings is 2. The lowest BCUT2D eigenvalue weighted by molar-refractivity contribution is -0.116. The smallest absolute Gasteiger partial charge is 0.251 e. The van der Waals surface area contributed by atoms with Gasteiger partial charge in [0.05, 0.1) is 7.11 Å². The van der Waals surface area contributed by atoms with Gasteiger partial charge in [-0.25, -0.2) is 4.39 Å². The molecule has 0 unspecified atom stereocenters. The van der Waals surface area contributed by atoms with E-state index in [1.807, 2.05) is 12.1 Å². The molecule has 7 nitrogen and oxygen atoms in total. The van der Waals surface area contributed by atoms with E-state index in [0.717, 1.165) is 5.56 Å². The molecule has 1 aromatic heterocycles. The van der Waals surface area contributed by atoms with Crippen molar-refractivity contribution in [1.82, 2.24) is 10.3 Å². The van der Waals surface area contributed by atoms with E-state index >= 15 is 0 Å². The van der Waals surface area contributed by atoms with Crippen molar-refractivity contribution in [1.29, 1.82) is 0 Å². The SMILES string of the molecule is COc1ccc(NC(=O)CCCNC(=O)c2ccc(F)cc2)cc1OCc1cccnc1. The molecule has 0 aliphatic rings. The first-order valence-corrected chi connectivity index (χ1v) is 10.1. The van der Waals surface area contributed by atoms with Crippen LogP contribution in [0.1, 0.15) is 28.8 Å². The monoisotopic (exact) mass is 437 g/mol. The normalized spacial score (nSPS) is 10.3. The molecular formula is C24H24FN3O4. The van der Waals surface area contributed by atoms with Gasteiger partial charge in [0.15, 0.2) is 11.5 Å². The predicted octanol–water partition coefficient (Wildman–Crippen LogP) is 3.96. The fraction of sp³-hybridized carbons (Fsp3) is 0.208. The molecule has 2 aromatic carbocycles. The van der Waals surface area contributed by atoms with Gasteiger partial charge in [-0.2, -0.15) is 0 Å². The molecule has 0 atom stereocenters. The maximum absolute atomic E-state index is 12.9. The average molecular weight is 437 g/mol. The minimum Gasteiger partial charge on any atom is -0.493 e. The van der Waals surface area contributed by atoms with Crippen LogP contribution in [-0.4, -0.2) is 30.5 Å². The van der Waals surface area contributed by atoms with Crippen molar-refractivity contribution in [3.8, 4) is 11.5 Å². The van der Waals surface area contributed by atoms with E-state index in [1.54, 1.807) is 37.7 Å². The van der Waals surface area contributed by atoms with Crippen LogP contribution in [0.5, 0.6) is 11.5 Å². The Bertz CT molecular complexity index is 1040. The largest absolute Gasteiger partial charge is 0.493 e. The van der Waals surface area contributed by atoms with Gasteiger partial charge in [0.2, 0.25) is 5.91 Å². The van der Waals surface area contributed by atoms with Crippen LogP contribution < -0.4 is 20.1 Å². The van der Waals surface area contributed by atoms with Gasteiger partial charge in [0.25, 0.3) is 5.91 Å². The second-order valence-electron chi connectivity index (χ2n) is 6.93. The fourth-order valence-corrected chi connectivity index (χ4v) is 2.89. The van der Waals surface area contributed by atoms with Crippen molar-refractivity contribution >= 4 is 17.5 Å². The highest BCUT2D eigenvalue weighted by molar-refractivity contribution is 5.94. The van der Waals surface area contributed by atoms with Gasteiger partial charge < -0.3 is 20.1 Å². The molecular weight excluding hydrogens is 413 g/mol. The molecule has 3 rings (SSSR count). The summed E-state index contributed by atoms with van der Waals surface area (Å²) in [5.74, 6) is 0.152. The molecule has 2 amide bonds. The van der Waals surface area contributed by atoms with Crippen LogP contribution in [0.3, 0.4) is 0 Å². The Kier molecular flexibility index (Phi) is 8.14. The lowest BCUT2D eigenvalue weighted by Gasteiger charge is -2.13. The Labute approximate surface area is 185 Å². The first kappa shape index (κ1) is 22.7. The highest BCUT2D eigenvalue weighted by Crippen LogP contribution is 2.31. The number of carbonyl (C=O) groups excluding carboxylic acids is 2. The van der Waals surface area contributed by atoms with E-state index < -0.39 is 5.82 Å².